The van der Waals surface area contributed by atoms with Gasteiger partial charge in [0.1, 0.15) is 5.75 Å². The van der Waals surface area contributed by atoms with Crippen molar-refractivity contribution in [3.8, 4) is 5.75 Å². The van der Waals surface area contributed by atoms with Crippen LogP contribution in [0.15, 0.2) is 42.6 Å². The van der Waals surface area contributed by atoms with Gasteiger partial charge in [0.2, 0.25) is 5.91 Å². The Morgan fingerprint density at radius 1 is 1.35 bits per heavy atom. The lowest BCUT2D eigenvalue weighted by Crippen LogP contribution is -2.65. The smallest absolute Gasteiger partial charge is 0.290 e. The van der Waals surface area contributed by atoms with Gasteiger partial charge in [0, 0.05) is 31.9 Å². The van der Waals surface area contributed by atoms with Crippen molar-refractivity contribution in [3.63, 3.8) is 0 Å². The Morgan fingerprint density at radius 2 is 2.10 bits per heavy atom. The molecule has 0 radical (unpaired) electrons. The van der Waals surface area contributed by atoms with Gasteiger partial charge in [-0.1, -0.05) is 12.1 Å². The van der Waals surface area contributed by atoms with E-state index in [2.05, 4.69) is 11.9 Å². The van der Waals surface area contributed by atoms with Gasteiger partial charge in [-0.25, -0.2) is 9.37 Å². The highest BCUT2D eigenvalue weighted by molar-refractivity contribution is 5.87. The Balaban J connectivity index is 0.000000858. The van der Waals surface area contributed by atoms with Crippen LogP contribution in [0.1, 0.15) is 25.3 Å². The van der Waals surface area contributed by atoms with E-state index >= 15 is 0 Å². The maximum atomic E-state index is 14.2. The van der Waals surface area contributed by atoms with Crippen LogP contribution in [0.2, 0.25) is 0 Å². The van der Waals surface area contributed by atoms with Crippen LogP contribution in [0.25, 0.3) is 0 Å². The number of carboxylic acid groups (broad SMARTS) is 1. The number of pyridine rings is 1. The highest BCUT2D eigenvalue weighted by atomic mass is 19.1. The topological polar surface area (TPSA) is 83.0 Å². The first-order valence-corrected chi connectivity index (χ1v) is 10.3. The Morgan fingerprint density at radius 3 is 2.71 bits per heavy atom. The number of halogens is 1. The van der Waals surface area contributed by atoms with E-state index in [1.54, 1.807) is 19.4 Å². The summed E-state index contributed by atoms with van der Waals surface area (Å²) in [5.74, 6) is 0.931. The monoisotopic (exact) mass is 429 g/mol. The number of rotatable bonds is 5. The predicted molar refractivity (Wildman–Crippen MR) is 115 cm³/mol. The van der Waals surface area contributed by atoms with Crippen molar-refractivity contribution in [1.82, 2.24) is 9.88 Å². The molecule has 3 heterocycles. The molecular weight excluding hydrogens is 401 g/mol. The van der Waals surface area contributed by atoms with Crippen molar-refractivity contribution in [1.29, 1.82) is 0 Å². The summed E-state index contributed by atoms with van der Waals surface area (Å²) in [6.45, 7) is 3.61. The number of amides is 1. The number of methoxy groups -OCH3 is 1. The minimum atomic E-state index is -0.561. The van der Waals surface area contributed by atoms with Crippen molar-refractivity contribution in [3.05, 3.63) is 54.0 Å². The van der Waals surface area contributed by atoms with Crippen LogP contribution in [0, 0.1) is 11.2 Å². The summed E-state index contributed by atoms with van der Waals surface area (Å²) in [5, 5.41) is 6.89. The van der Waals surface area contributed by atoms with Crippen molar-refractivity contribution < 1.29 is 23.8 Å². The molecule has 4 rings (SSSR count). The molecule has 0 bridgehead atoms. The number of aromatic nitrogens is 1. The van der Waals surface area contributed by atoms with E-state index < -0.39 is 5.41 Å². The van der Waals surface area contributed by atoms with E-state index in [1.807, 2.05) is 34.1 Å². The summed E-state index contributed by atoms with van der Waals surface area (Å²) in [6, 6.07) is 11.1. The number of anilines is 1. The zero-order valence-electron chi connectivity index (χ0n) is 17.8. The first-order chi connectivity index (χ1) is 14.9. The summed E-state index contributed by atoms with van der Waals surface area (Å²) in [4.78, 5) is 29.9. The predicted octanol–water partition coefficient (Wildman–Crippen LogP) is 2.99. The fraction of sp³-hybridized carbons (Fsp3) is 0.435. The first-order valence-electron chi connectivity index (χ1n) is 10.3. The van der Waals surface area contributed by atoms with Crippen LogP contribution in [-0.4, -0.2) is 60.2 Å². The van der Waals surface area contributed by atoms with Gasteiger partial charge in [-0.3, -0.25) is 9.59 Å². The molecule has 0 aliphatic carbocycles. The minimum absolute atomic E-state index is 0.174. The third-order valence-electron chi connectivity index (χ3n) is 5.97. The van der Waals surface area contributed by atoms with Crippen molar-refractivity contribution in [2.45, 2.75) is 32.2 Å². The quantitative estimate of drug-likeness (QED) is 0.736. The van der Waals surface area contributed by atoms with Gasteiger partial charge in [-0.15, -0.1) is 0 Å². The van der Waals surface area contributed by atoms with Gasteiger partial charge in [0.05, 0.1) is 12.5 Å². The number of ether oxygens (including phenoxy) is 1. The first kappa shape index (κ1) is 22.5. The van der Waals surface area contributed by atoms with Crippen LogP contribution in [0.5, 0.6) is 5.75 Å². The molecule has 7 nitrogen and oxygen atoms in total. The second-order valence-electron chi connectivity index (χ2n) is 8.07. The molecule has 0 saturated carbocycles. The lowest BCUT2D eigenvalue weighted by atomic mass is 9.73. The maximum absolute atomic E-state index is 14.2. The lowest BCUT2D eigenvalue weighted by Gasteiger charge is -2.51. The number of hydrogen-bond acceptors (Lipinski definition) is 5. The van der Waals surface area contributed by atoms with E-state index in [0.717, 1.165) is 30.7 Å². The van der Waals surface area contributed by atoms with Crippen molar-refractivity contribution in [2.75, 3.05) is 31.6 Å². The molecule has 2 saturated heterocycles. The summed E-state index contributed by atoms with van der Waals surface area (Å²) < 4.78 is 19.5. The molecule has 2 aliphatic heterocycles. The number of carbonyl (C=O) groups excluding carboxylic acids is 1. The average Bonchev–Trinajstić information content (AvgIpc) is 3.17. The normalized spacial score (nSPS) is 19.1. The second kappa shape index (κ2) is 9.76. The molecule has 1 amide bonds. The third-order valence-corrected chi connectivity index (χ3v) is 5.97. The zero-order chi connectivity index (χ0) is 22.4. The highest BCUT2D eigenvalue weighted by Crippen LogP contribution is 2.41. The van der Waals surface area contributed by atoms with Crippen molar-refractivity contribution >= 4 is 18.2 Å². The molecule has 1 N–H and O–H groups in total. The average molecular weight is 429 g/mol. The SMILES string of the molecule is COc1cccc(CC2(C(=O)N3CCCC3C)CN(c3ncccc3F)C2)c1.O=CO. The molecule has 1 atom stereocenters. The Kier molecular flexibility index (Phi) is 7.09. The Bertz CT molecular complexity index is 917. The minimum Gasteiger partial charge on any atom is -0.497 e. The summed E-state index contributed by atoms with van der Waals surface area (Å²) in [5.41, 5.74) is 0.496. The molecule has 2 aliphatic rings. The molecule has 2 fully saturated rings. The van der Waals surface area contributed by atoms with Gasteiger partial charge in [0.25, 0.3) is 6.47 Å². The van der Waals surface area contributed by atoms with E-state index in [4.69, 9.17) is 14.6 Å². The summed E-state index contributed by atoms with van der Waals surface area (Å²) in [6.07, 6.45) is 4.28. The molecular formula is C23H28FN3O4. The largest absolute Gasteiger partial charge is 0.497 e. The maximum Gasteiger partial charge on any atom is 0.290 e. The molecule has 1 unspecified atom stereocenters. The highest BCUT2D eigenvalue weighted by Gasteiger charge is 2.52. The van der Waals surface area contributed by atoms with Gasteiger partial charge in [-0.2, -0.15) is 0 Å². The fourth-order valence-corrected chi connectivity index (χ4v) is 4.48. The fourth-order valence-electron chi connectivity index (χ4n) is 4.48. The van der Waals surface area contributed by atoms with Crippen LogP contribution in [0.4, 0.5) is 10.2 Å². The van der Waals surface area contributed by atoms with Crippen LogP contribution in [0.3, 0.4) is 0 Å². The van der Waals surface area contributed by atoms with Crippen LogP contribution in [-0.2, 0) is 16.0 Å². The molecule has 2 aromatic rings. The van der Waals surface area contributed by atoms with Crippen LogP contribution >= 0.6 is 0 Å². The van der Waals surface area contributed by atoms with E-state index in [1.165, 1.54) is 6.07 Å². The lowest BCUT2D eigenvalue weighted by molar-refractivity contribution is -0.144. The summed E-state index contributed by atoms with van der Waals surface area (Å²) >= 11 is 0. The number of carbonyl (C=O) groups is 2. The van der Waals surface area contributed by atoms with Gasteiger partial charge < -0.3 is 19.6 Å². The Labute approximate surface area is 181 Å². The second-order valence-corrected chi connectivity index (χ2v) is 8.07. The number of hydrogen-bond donors (Lipinski definition) is 1. The molecule has 1 aromatic carbocycles. The Hall–Kier alpha value is -3.16. The van der Waals surface area contributed by atoms with Gasteiger partial charge >= 0.3 is 0 Å². The summed E-state index contributed by atoms with van der Waals surface area (Å²) in [7, 11) is 1.64. The third kappa shape index (κ3) is 4.78. The number of nitrogens with zero attached hydrogens (tertiary/aromatic N) is 3. The molecule has 0 spiro atoms. The van der Waals surface area contributed by atoms with Gasteiger partial charge in [0.15, 0.2) is 11.6 Å². The molecule has 1 aromatic heterocycles. The number of likely N-dealkylation sites (tertiary alicyclic amines) is 1. The zero-order valence-corrected chi connectivity index (χ0v) is 17.8. The van der Waals surface area contributed by atoms with E-state index in [9.17, 15) is 9.18 Å². The standard InChI is InChI=1S/C22H26FN3O2.CH2O2/c1-16-6-5-11-26(16)21(27)22(13-17-7-3-8-18(12-17)28-2)14-25(15-22)20-19(23)9-4-10-24-20;2-1-3/h3-4,7-10,12,16H,5-6,11,13-15H2,1-2H3;1H,(H,2,3). The van der Waals surface area contributed by atoms with E-state index in [0.29, 0.717) is 25.3 Å². The van der Waals surface area contributed by atoms with Crippen LogP contribution < -0.4 is 9.64 Å². The molecule has 166 valence electrons. The number of benzene rings is 1. The molecule has 8 heteroatoms. The van der Waals surface area contributed by atoms with Gasteiger partial charge in [-0.05, 0) is 56.0 Å². The van der Waals surface area contributed by atoms with E-state index in [-0.39, 0.29) is 24.2 Å². The van der Waals surface area contributed by atoms with Crippen molar-refractivity contribution in [2.24, 2.45) is 5.41 Å². The molecule has 31 heavy (non-hydrogen) atoms.